The first-order valence-electron chi connectivity index (χ1n) is 5.99. The topological polar surface area (TPSA) is 46.3 Å². The summed E-state index contributed by atoms with van der Waals surface area (Å²) in [5, 5.41) is 0. The second-order valence-corrected chi connectivity index (χ2v) is 4.78. The molecule has 98 valence electrons. The molecule has 1 amide bonds. The molecule has 1 aromatic carbocycles. The molecule has 0 aromatic heterocycles. The molecule has 0 radical (unpaired) electrons. The Morgan fingerprint density at radius 1 is 1.39 bits per heavy atom. The van der Waals surface area contributed by atoms with E-state index in [0.29, 0.717) is 19.5 Å². The third-order valence-electron chi connectivity index (χ3n) is 3.44. The van der Waals surface area contributed by atoms with E-state index in [1.807, 2.05) is 6.92 Å². The minimum Gasteiger partial charge on any atom is -0.338 e. The van der Waals surface area contributed by atoms with Crippen LogP contribution in [0.2, 0.25) is 0 Å². The van der Waals surface area contributed by atoms with Gasteiger partial charge in [0, 0.05) is 19.1 Å². The van der Waals surface area contributed by atoms with Gasteiger partial charge in [-0.15, -0.1) is 0 Å². The van der Waals surface area contributed by atoms with E-state index >= 15 is 0 Å². The molecule has 1 aliphatic rings. The highest BCUT2D eigenvalue weighted by Crippen LogP contribution is 2.20. The van der Waals surface area contributed by atoms with Gasteiger partial charge in [0.25, 0.3) is 5.91 Å². The molecule has 1 aromatic rings. The zero-order valence-electron chi connectivity index (χ0n) is 10.2. The number of hydrogen-bond donors (Lipinski definition) is 1. The van der Waals surface area contributed by atoms with Crippen LogP contribution < -0.4 is 5.73 Å². The number of carbonyl (C=O) groups excluding carboxylic acids is 1. The fraction of sp³-hybridized carbons (Fsp3) is 0.462. The van der Waals surface area contributed by atoms with Gasteiger partial charge in [-0.3, -0.25) is 4.79 Å². The summed E-state index contributed by atoms with van der Waals surface area (Å²) in [6, 6.07) is 3.47. The number of benzene rings is 1. The first-order valence-corrected chi connectivity index (χ1v) is 5.99. The number of halogens is 2. The van der Waals surface area contributed by atoms with E-state index in [2.05, 4.69) is 0 Å². The van der Waals surface area contributed by atoms with Crippen LogP contribution in [0, 0.1) is 17.6 Å². The number of hydrogen-bond acceptors (Lipinski definition) is 2. The van der Waals surface area contributed by atoms with Gasteiger partial charge in [0.2, 0.25) is 0 Å². The summed E-state index contributed by atoms with van der Waals surface area (Å²) in [4.78, 5) is 13.6. The van der Waals surface area contributed by atoms with Crippen molar-refractivity contribution >= 4 is 5.91 Å². The van der Waals surface area contributed by atoms with E-state index in [4.69, 9.17) is 5.73 Å². The van der Waals surface area contributed by atoms with Gasteiger partial charge in [-0.1, -0.05) is 13.0 Å². The van der Waals surface area contributed by atoms with E-state index in [0.717, 1.165) is 12.1 Å². The maximum atomic E-state index is 13.5. The highest BCUT2D eigenvalue weighted by Gasteiger charge is 2.29. The monoisotopic (exact) mass is 254 g/mol. The van der Waals surface area contributed by atoms with Crippen LogP contribution in [-0.4, -0.2) is 29.9 Å². The fourth-order valence-corrected chi connectivity index (χ4v) is 2.21. The smallest absolute Gasteiger partial charge is 0.259 e. The van der Waals surface area contributed by atoms with E-state index in [9.17, 15) is 13.6 Å². The van der Waals surface area contributed by atoms with Gasteiger partial charge in [-0.05, 0) is 24.5 Å². The van der Waals surface area contributed by atoms with Crippen LogP contribution in [0.1, 0.15) is 23.7 Å². The molecule has 3 nitrogen and oxygen atoms in total. The van der Waals surface area contributed by atoms with Crippen LogP contribution in [0.3, 0.4) is 0 Å². The van der Waals surface area contributed by atoms with E-state index in [1.165, 1.54) is 11.0 Å². The van der Waals surface area contributed by atoms with Crippen molar-refractivity contribution in [2.45, 2.75) is 19.4 Å². The Morgan fingerprint density at radius 3 is 2.56 bits per heavy atom. The van der Waals surface area contributed by atoms with Gasteiger partial charge in [-0.2, -0.15) is 0 Å². The van der Waals surface area contributed by atoms with Crippen LogP contribution in [0.4, 0.5) is 8.78 Å². The predicted molar refractivity (Wildman–Crippen MR) is 64.0 cm³/mol. The van der Waals surface area contributed by atoms with Crippen molar-refractivity contribution in [2.75, 3.05) is 13.1 Å². The van der Waals surface area contributed by atoms with Crippen LogP contribution in [0.15, 0.2) is 18.2 Å². The first-order chi connectivity index (χ1) is 8.50. The van der Waals surface area contributed by atoms with E-state index in [-0.39, 0.29) is 12.0 Å². The van der Waals surface area contributed by atoms with Crippen LogP contribution in [0.25, 0.3) is 0 Å². The molecule has 0 saturated carbocycles. The van der Waals surface area contributed by atoms with Gasteiger partial charge in [0.05, 0.1) is 0 Å². The number of rotatable bonds is 1. The summed E-state index contributed by atoms with van der Waals surface area (Å²) >= 11 is 0. The molecule has 2 unspecified atom stereocenters. The molecule has 2 rings (SSSR count). The lowest BCUT2D eigenvalue weighted by Crippen LogP contribution is -2.48. The van der Waals surface area contributed by atoms with E-state index in [1.54, 1.807) is 0 Å². The van der Waals surface area contributed by atoms with Crippen molar-refractivity contribution < 1.29 is 13.6 Å². The molecule has 0 bridgehead atoms. The van der Waals surface area contributed by atoms with Gasteiger partial charge >= 0.3 is 0 Å². The Morgan fingerprint density at radius 2 is 2.00 bits per heavy atom. The molecular formula is C13H16F2N2O. The van der Waals surface area contributed by atoms with Crippen molar-refractivity contribution in [3.63, 3.8) is 0 Å². The Hall–Kier alpha value is -1.49. The molecule has 1 fully saturated rings. The minimum absolute atomic E-state index is 0.0412. The Kier molecular flexibility index (Phi) is 3.61. The van der Waals surface area contributed by atoms with Crippen molar-refractivity contribution in [1.82, 2.24) is 4.90 Å². The summed E-state index contributed by atoms with van der Waals surface area (Å²) in [6.07, 6.45) is 0.656. The molecule has 0 spiro atoms. The zero-order valence-corrected chi connectivity index (χ0v) is 10.2. The average Bonchev–Trinajstić information content (AvgIpc) is 2.32. The Balaban J connectivity index is 2.22. The SMILES string of the molecule is CC1CN(C(=O)c2c(F)cccc2F)CCC1N. The highest BCUT2D eigenvalue weighted by molar-refractivity contribution is 5.94. The summed E-state index contributed by atoms with van der Waals surface area (Å²) in [5.74, 6) is -2.09. The largest absolute Gasteiger partial charge is 0.338 e. The molecule has 5 heteroatoms. The molecule has 1 heterocycles. The molecule has 0 aliphatic carbocycles. The Bertz CT molecular complexity index is 444. The molecule has 2 atom stereocenters. The number of amides is 1. The van der Waals surface area contributed by atoms with Crippen molar-refractivity contribution in [3.8, 4) is 0 Å². The second-order valence-electron chi connectivity index (χ2n) is 4.78. The molecular weight excluding hydrogens is 238 g/mol. The minimum atomic E-state index is -0.817. The summed E-state index contributed by atoms with van der Waals surface area (Å²) < 4.78 is 27.0. The van der Waals surface area contributed by atoms with Crippen molar-refractivity contribution in [2.24, 2.45) is 11.7 Å². The standard InChI is InChI=1S/C13H16F2N2O/c1-8-7-17(6-5-11(8)16)13(18)12-9(14)3-2-4-10(12)15/h2-4,8,11H,5-7,16H2,1H3. The Labute approximate surface area is 105 Å². The number of carbonyl (C=O) groups is 1. The van der Waals surface area contributed by atoms with Crippen LogP contribution >= 0.6 is 0 Å². The molecule has 18 heavy (non-hydrogen) atoms. The molecule has 2 N–H and O–H groups in total. The maximum Gasteiger partial charge on any atom is 0.259 e. The maximum absolute atomic E-state index is 13.5. The highest BCUT2D eigenvalue weighted by atomic mass is 19.1. The van der Waals surface area contributed by atoms with Gasteiger partial charge in [0.1, 0.15) is 17.2 Å². The summed E-state index contributed by atoms with van der Waals surface area (Å²) in [7, 11) is 0. The second kappa shape index (κ2) is 5.02. The lowest BCUT2D eigenvalue weighted by molar-refractivity contribution is 0.0654. The number of nitrogens with zero attached hydrogens (tertiary/aromatic N) is 1. The van der Waals surface area contributed by atoms with E-state index < -0.39 is 23.1 Å². The first kappa shape index (κ1) is 13.0. The average molecular weight is 254 g/mol. The predicted octanol–water partition coefficient (Wildman–Crippen LogP) is 1.77. The van der Waals surface area contributed by atoms with Crippen LogP contribution in [-0.2, 0) is 0 Å². The van der Waals surface area contributed by atoms with Crippen LogP contribution in [0.5, 0.6) is 0 Å². The number of nitrogens with two attached hydrogens (primary N) is 1. The normalized spacial score (nSPS) is 24.1. The summed E-state index contributed by atoms with van der Waals surface area (Å²) in [6.45, 7) is 2.81. The van der Waals surface area contributed by atoms with Gasteiger partial charge in [0.15, 0.2) is 0 Å². The van der Waals surface area contributed by atoms with Gasteiger partial charge < -0.3 is 10.6 Å². The number of likely N-dealkylation sites (tertiary alicyclic amines) is 1. The quantitative estimate of drug-likeness (QED) is 0.830. The zero-order chi connectivity index (χ0) is 13.3. The third-order valence-corrected chi connectivity index (χ3v) is 3.44. The fourth-order valence-electron chi connectivity index (χ4n) is 2.21. The lowest BCUT2D eigenvalue weighted by Gasteiger charge is -2.35. The lowest BCUT2D eigenvalue weighted by atomic mass is 9.94. The third kappa shape index (κ3) is 2.36. The molecule has 1 aliphatic heterocycles. The van der Waals surface area contributed by atoms with Crippen molar-refractivity contribution in [1.29, 1.82) is 0 Å². The summed E-state index contributed by atoms with van der Waals surface area (Å²) in [5.41, 5.74) is 5.38. The van der Waals surface area contributed by atoms with Gasteiger partial charge in [-0.25, -0.2) is 8.78 Å². The number of piperidine rings is 1. The van der Waals surface area contributed by atoms with Crippen molar-refractivity contribution in [3.05, 3.63) is 35.4 Å². The molecule has 1 saturated heterocycles.